The Balaban J connectivity index is 1.52. The molecule has 0 aromatic heterocycles. The van der Waals surface area contributed by atoms with E-state index >= 15 is 0 Å². The maximum Gasteiger partial charge on any atom is 0.222 e. The van der Waals surface area contributed by atoms with Gasteiger partial charge < -0.3 is 10.2 Å². The molecule has 17 heavy (non-hydrogen) atoms. The Kier molecular flexibility index (Phi) is 3.37. The van der Waals surface area contributed by atoms with E-state index in [9.17, 15) is 4.79 Å². The molecule has 2 atom stereocenters. The Morgan fingerprint density at radius 3 is 2.71 bits per heavy atom. The predicted molar refractivity (Wildman–Crippen MR) is 67.7 cm³/mol. The van der Waals surface area contributed by atoms with Gasteiger partial charge in [-0.2, -0.15) is 0 Å². The molecule has 2 unspecified atom stereocenters. The van der Waals surface area contributed by atoms with Crippen LogP contribution in [0.25, 0.3) is 0 Å². The number of carbonyl (C=O) groups excluding carboxylic acids is 1. The molecule has 3 fully saturated rings. The zero-order valence-corrected chi connectivity index (χ0v) is 10.7. The molecule has 1 N–H and O–H groups in total. The van der Waals surface area contributed by atoms with Crippen molar-refractivity contribution >= 4 is 5.91 Å². The van der Waals surface area contributed by atoms with Gasteiger partial charge in [-0.05, 0) is 44.1 Å². The van der Waals surface area contributed by atoms with E-state index in [0.29, 0.717) is 17.9 Å². The van der Waals surface area contributed by atoms with Crippen molar-refractivity contribution in [1.29, 1.82) is 0 Å². The average molecular weight is 236 g/mol. The molecule has 1 aliphatic carbocycles. The van der Waals surface area contributed by atoms with E-state index in [1.807, 2.05) is 0 Å². The van der Waals surface area contributed by atoms with Gasteiger partial charge in [0.25, 0.3) is 0 Å². The van der Waals surface area contributed by atoms with Crippen LogP contribution < -0.4 is 5.32 Å². The topological polar surface area (TPSA) is 32.3 Å². The Bertz CT molecular complexity index is 272. The molecule has 3 rings (SSSR count). The van der Waals surface area contributed by atoms with Gasteiger partial charge in [0.05, 0.1) is 0 Å². The number of fused-ring (bicyclic) bond motifs is 1. The van der Waals surface area contributed by atoms with Crippen LogP contribution in [0.3, 0.4) is 0 Å². The van der Waals surface area contributed by atoms with Crippen molar-refractivity contribution in [3.63, 3.8) is 0 Å². The smallest absolute Gasteiger partial charge is 0.222 e. The summed E-state index contributed by atoms with van der Waals surface area (Å²) in [6, 6.07) is 0.594. The molecule has 0 radical (unpaired) electrons. The minimum absolute atomic E-state index is 0.424. The van der Waals surface area contributed by atoms with Crippen molar-refractivity contribution in [3.8, 4) is 0 Å². The summed E-state index contributed by atoms with van der Waals surface area (Å²) in [7, 11) is 0. The standard InChI is InChI=1S/C14H24N2O/c17-14(8-11-4-1-2-5-11)16-9-12-6-3-7-15-13(12)10-16/h11-13,15H,1-10H2. The van der Waals surface area contributed by atoms with Gasteiger partial charge in [-0.15, -0.1) is 0 Å². The first-order chi connectivity index (χ1) is 8.33. The van der Waals surface area contributed by atoms with Crippen molar-refractivity contribution < 1.29 is 4.79 Å². The van der Waals surface area contributed by atoms with E-state index in [-0.39, 0.29) is 0 Å². The second-order valence-electron chi connectivity index (χ2n) is 6.12. The lowest BCUT2D eigenvalue weighted by Crippen LogP contribution is -2.41. The second-order valence-corrected chi connectivity index (χ2v) is 6.12. The number of piperidine rings is 1. The predicted octanol–water partition coefficient (Wildman–Crippen LogP) is 1.78. The Morgan fingerprint density at radius 2 is 1.94 bits per heavy atom. The lowest BCUT2D eigenvalue weighted by Gasteiger charge is -2.24. The molecular formula is C14H24N2O. The summed E-state index contributed by atoms with van der Waals surface area (Å²) in [6.45, 7) is 3.13. The molecule has 3 aliphatic rings. The average Bonchev–Trinajstić information content (AvgIpc) is 2.96. The quantitative estimate of drug-likeness (QED) is 0.792. The summed E-state index contributed by atoms with van der Waals surface area (Å²) in [5.41, 5.74) is 0. The highest BCUT2D eigenvalue weighted by Crippen LogP contribution is 2.30. The van der Waals surface area contributed by atoms with E-state index in [1.165, 1.54) is 38.5 Å². The fourth-order valence-electron chi connectivity index (χ4n) is 3.84. The minimum Gasteiger partial charge on any atom is -0.341 e. The van der Waals surface area contributed by atoms with Crippen LogP contribution in [0, 0.1) is 11.8 Å². The van der Waals surface area contributed by atoms with Crippen LogP contribution in [0.5, 0.6) is 0 Å². The lowest BCUT2D eigenvalue weighted by molar-refractivity contribution is -0.131. The summed E-state index contributed by atoms with van der Waals surface area (Å²) in [5.74, 6) is 1.85. The molecule has 2 aliphatic heterocycles. The molecular weight excluding hydrogens is 212 g/mol. The number of amides is 1. The molecule has 96 valence electrons. The molecule has 2 saturated heterocycles. The summed E-state index contributed by atoms with van der Waals surface area (Å²) >= 11 is 0. The maximum atomic E-state index is 12.2. The van der Waals surface area contributed by atoms with E-state index in [4.69, 9.17) is 0 Å². The Hall–Kier alpha value is -0.570. The fraction of sp³-hybridized carbons (Fsp3) is 0.929. The number of nitrogens with zero attached hydrogens (tertiary/aromatic N) is 1. The number of hydrogen-bond acceptors (Lipinski definition) is 2. The molecule has 1 saturated carbocycles. The minimum atomic E-state index is 0.424. The van der Waals surface area contributed by atoms with Crippen LogP contribution in [0.15, 0.2) is 0 Å². The fourth-order valence-corrected chi connectivity index (χ4v) is 3.84. The van der Waals surface area contributed by atoms with Crippen molar-refractivity contribution in [2.45, 2.75) is 51.0 Å². The number of hydrogen-bond donors (Lipinski definition) is 1. The highest BCUT2D eigenvalue weighted by Gasteiger charge is 2.36. The summed E-state index contributed by atoms with van der Waals surface area (Å²) in [6.07, 6.45) is 8.65. The first-order valence-electron chi connectivity index (χ1n) is 7.34. The van der Waals surface area contributed by atoms with E-state index < -0.39 is 0 Å². The van der Waals surface area contributed by atoms with Crippen molar-refractivity contribution in [2.75, 3.05) is 19.6 Å². The van der Waals surface area contributed by atoms with Gasteiger partial charge in [0.15, 0.2) is 0 Å². The van der Waals surface area contributed by atoms with E-state index in [1.54, 1.807) is 0 Å². The molecule has 3 nitrogen and oxygen atoms in total. The van der Waals surface area contributed by atoms with Crippen molar-refractivity contribution in [2.24, 2.45) is 11.8 Å². The lowest BCUT2D eigenvalue weighted by atomic mass is 9.94. The van der Waals surface area contributed by atoms with Crippen LogP contribution in [-0.4, -0.2) is 36.5 Å². The van der Waals surface area contributed by atoms with E-state index in [2.05, 4.69) is 10.2 Å². The molecule has 0 aromatic carbocycles. The maximum absolute atomic E-state index is 12.2. The third-order valence-corrected chi connectivity index (χ3v) is 4.89. The zero-order valence-electron chi connectivity index (χ0n) is 10.7. The van der Waals surface area contributed by atoms with Crippen molar-refractivity contribution in [3.05, 3.63) is 0 Å². The highest BCUT2D eigenvalue weighted by atomic mass is 16.2. The molecule has 2 heterocycles. The zero-order chi connectivity index (χ0) is 11.7. The van der Waals surface area contributed by atoms with Gasteiger partial charge in [-0.1, -0.05) is 12.8 Å². The largest absolute Gasteiger partial charge is 0.341 e. The molecule has 0 aromatic rings. The third kappa shape index (κ3) is 2.49. The van der Waals surface area contributed by atoms with Crippen LogP contribution in [0.2, 0.25) is 0 Å². The van der Waals surface area contributed by atoms with Gasteiger partial charge in [0.1, 0.15) is 0 Å². The molecule has 0 bridgehead atoms. The first kappa shape index (κ1) is 11.5. The Labute approximate surface area is 104 Å². The molecule has 3 heteroatoms. The van der Waals surface area contributed by atoms with Gasteiger partial charge >= 0.3 is 0 Å². The number of rotatable bonds is 2. The van der Waals surface area contributed by atoms with Gasteiger partial charge in [-0.25, -0.2) is 0 Å². The third-order valence-electron chi connectivity index (χ3n) is 4.89. The van der Waals surface area contributed by atoms with Gasteiger partial charge in [0.2, 0.25) is 5.91 Å². The SMILES string of the molecule is O=C(CC1CCCC1)N1CC2CCCNC2C1. The number of likely N-dealkylation sites (tertiary alicyclic amines) is 1. The number of nitrogens with one attached hydrogen (secondary N) is 1. The second kappa shape index (κ2) is 4.97. The molecule has 0 spiro atoms. The van der Waals surface area contributed by atoms with Crippen LogP contribution >= 0.6 is 0 Å². The molecule has 1 amide bonds. The summed E-state index contributed by atoms with van der Waals surface area (Å²) in [5, 5.41) is 3.57. The van der Waals surface area contributed by atoms with Gasteiger partial charge in [-0.3, -0.25) is 4.79 Å². The summed E-state index contributed by atoms with van der Waals surface area (Å²) in [4.78, 5) is 14.4. The Morgan fingerprint density at radius 1 is 1.12 bits per heavy atom. The summed E-state index contributed by atoms with van der Waals surface area (Å²) < 4.78 is 0. The van der Waals surface area contributed by atoms with Crippen molar-refractivity contribution in [1.82, 2.24) is 10.2 Å². The first-order valence-corrected chi connectivity index (χ1v) is 7.34. The number of carbonyl (C=O) groups is 1. The van der Waals surface area contributed by atoms with Crippen LogP contribution in [0.1, 0.15) is 44.9 Å². The normalized spacial score (nSPS) is 34.0. The van der Waals surface area contributed by atoms with Gasteiger partial charge in [0, 0.05) is 25.6 Å². The highest BCUT2D eigenvalue weighted by molar-refractivity contribution is 5.77. The van der Waals surface area contributed by atoms with Crippen LogP contribution in [0.4, 0.5) is 0 Å². The monoisotopic (exact) mass is 236 g/mol. The van der Waals surface area contributed by atoms with Crippen LogP contribution in [-0.2, 0) is 4.79 Å². The van der Waals surface area contributed by atoms with E-state index in [0.717, 1.165) is 32.0 Å².